The molecule has 0 bridgehead atoms. The van der Waals surface area contributed by atoms with Gasteiger partial charge in [-0.05, 0) is 0 Å². The monoisotopic (exact) mass is 139 g/mol. The predicted octanol–water partition coefficient (Wildman–Crippen LogP) is 0.737. The molecule has 2 N–H and O–H groups in total. The lowest BCUT2D eigenvalue weighted by molar-refractivity contribution is -0.0367. The number of carbonyl (C=O) groups excluding carboxylic acids is 1. The Kier molecular flexibility index (Phi) is 2.36. The summed E-state index contributed by atoms with van der Waals surface area (Å²) < 4.78 is 27.3. The van der Waals surface area contributed by atoms with Crippen molar-refractivity contribution >= 4 is 6.09 Å². The fraction of sp³-hybridized carbons (Fsp3) is 0.750. The fourth-order valence-corrected chi connectivity index (χ4v) is 0.198. The second-order valence-corrected chi connectivity index (χ2v) is 1.68. The average Bonchev–Trinajstić information content (AvgIpc) is 1.59. The summed E-state index contributed by atoms with van der Waals surface area (Å²) in [5.41, 5.74) is 4.41. The highest BCUT2D eigenvalue weighted by molar-refractivity contribution is 5.64. The fourth-order valence-electron chi connectivity index (χ4n) is 0.198. The molecule has 0 spiro atoms. The van der Waals surface area contributed by atoms with Gasteiger partial charge in [0.2, 0.25) is 0 Å². The third kappa shape index (κ3) is 7.13. The van der Waals surface area contributed by atoms with Gasteiger partial charge in [-0.1, -0.05) is 0 Å². The second kappa shape index (κ2) is 2.61. The molecule has 1 amide bonds. The van der Waals surface area contributed by atoms with E-state index in [-0.39, 0.29) is 0 Å². The molecular formula is C4H7F2NO2. The Morgan fingerprint density at radius 2 is 2.22 bits per heavy atom. The second-order valence-electron chi connectivity index (χ2n) is 1.68. The number of ether oxygens (including phenoxy) is 1. The smallest absolute Gasteiger partial charge is 0.404 e. The third-order valence-corrected chi connectivity index (χ3v) is 0.468. The van der Waals surface area contributed by atoms with Gasteiger partial charge in [0.15, 0.2) is 6.61 Å². The summed E-state index contributed by atoms with van der Waals surface area (Å²) in [6.45, 7) is -0.321. The maximum Gasteiger partial charge on any atom is 0.404 e. The van der Waals surface area contributed by atoms with Crippen LogP contribution in [0.3, 0.4) is 0 Å². The topological polar surface area (TPSA) is 52.3 Å². The quantitative estimate of drug-likeness (QED) is 0.613. The van der Waals surface area contributed by atoms with Crippen LogP contribution in [-0.2, 0) is 4.74 Å². The highest BCUT2D eigenvalue weighted by Crippen LogP contribution is 2.10. The number of primary amides is 1. The summed E-state index contributed by atoms with van der Waals surface area (Å²) in [6.07, 6.45) is -1.18. The summed E-state index contributed by atoms with van der Waals surface area (Å²) in [5.74, 6) is -2.99. The largest absolute Gasteiger partial charge is 0.443 e. The standard InChI is InChI=1S/C4H7F2NO2/c1-4(5,6)2-9-3(7)8/h2H2,1H3,(H2,7,8). The Labute approximate surface area is 50.8 Å². The Bertz CT molecular complexity index is 110. The molecule has 0 saturated carbocycles. The zero-order valence-corrected chi connectivity index (χ0v) is 4.86. The minimum absolute atomic E-state index is 0.635. The van der Waals surface area contributed by atoms with Crippen molar-refractivity contribution in [1.29, 1.82) is 0 Å². The first-order valence-electron chi connectivity index (χ1n) is 2.22. The summed E-state index contributed by atoms with van der Waals surface area (Å²) in [5, 5.41) is 0. The maximum atomic E-state index is 11.7. The van der Waals surface area contributed by atoms with Crippen LogP contribution in [0.15, 0.2) is 0 Å². The van der Waals surface area contributed by atoms with E-state index in [2.05, 4.69) is 10.5 Å². The summed E-state index contributed by atoms with van der Waals surface area (Å²) >= 11 is 0. The molecule has 0 atom stereocenters. The molecule has 3 nitrogen and oxygen atoms in total. The van der Waals surface area contributed by atoms with Gasteiger partial charge in [0.1, 0.15) is 0 Å². The van der Waals surface area contributed by atoms with Crippen LogP contribution in [0.2, 0.25) is 0 Å². The van der Waals surface area contributed by atoms with Crippen molar-refractivity contribution in [2.45, 2.75) is 12.8 Å². The molecule has 0 radical (unpaired) electrons. The van der Waals surface area contributed by atoms with Gasteiger partial charge in [-0.3, -0.25) is 0 Å². The van der Waals surface area contributed by atoms with Crippen LogP contribution in [0.25, 0.3) is 0 Å². The van der Waals surface area contributed by atoms with Crippen LogP contribution in [-0.4, -0.2) is 18.6 Å². The van der Waals surface area contributed by atoms with Crippen molar-refractivity contribution in [3.8, 4) is 0 Å². The molecule has 0 saturated heterocycles. The molecule has 0 aromatic carbocycles. The number of amides is 1. The molecule has 0 aliphatic rings. The Balaban J connectivity index is 3.39. The summed E-state index contributed by atoms with van der Waals surface area (Å²) in [7, 11) is 0. The number of hydrogen-bond acceptors (Lipinski definition) is 2. The van der Waals surface area contributed by atoms with Crippen LogP contribution in [0.5, 0.6) is 0 Å². The first-order valence-corrected chi connectivity index (χ1v) is 2.22. The van der Waals surface area contributed by atoms with Crippen molar-refractivity contribution in [3.05, 3.63) is 0 Å². The van der Waals surface area contributed by atoms with Gasteiger partial charge in [0, 0.05) is 6.92 Å². The SMILES string of the molecule is CC(F)(F)COC(N)=O. The van der Waals surface area contributed by atoms with Crippen molar-refractivity contribution < 1.29 is 18.3 Å². The Morgan fingerprint density at radius 3 is 2.33 bits per heavy atom. The van der Waals surface area contributed by atoms with Crippen molar-refractivity contribution in [1.82, 2.24) is 0 Å². The minimum atomic E-state index is -2.99. The zero-order chi connectivity index (χ0) is 7.49. The molecule has 0 rings (SSSR count). The maximum absolute atomic E-state index is 11.7. The molecular weight excluding hydrogens is 132 g/mol. The minimum Gasteiger partial charge on any atom is -0.443 e. The summed E-state index contributed by atoms with van der Waals surface area (Å²) in [6, 6.07) is 0. The molecule has 0 heterocycles. The van der Waals surface area contributed by atoms with Crippen molar-refractivity contribution in [2.24, 2.45) is 5.73 Å². The van der Waals surface area contributed by atoms with E-state index >= 15 is 0 Å². The molecule has 5 heteroatoms. The molecule has 0 aromatic rings. The Morgan fingerprint density at radius 1 is 1.78 bits per heavy atom. The molecule has 54 valence electrons. The van der Waals surface area contributed by atoms with Gasteiger partial charge in [0.05, 0.1) is 0 Å². The van der Waals surface area contributed by atoms with E-state index in [9.17, 15) is 13.6 Å². The lowest BCUT2D eigenvalue weighted by Crippen LogP contribution is -2.24. The number of hydrogen-bond donors (Lipinski definition) is 1. The van der Waals surface area contributed by atoms with Crippen LogP contribution in [0.1, 0.15) is 6.92 Å². The van der Waals surface area contributed by atoms with E-state index in [1.807, 2.05) is 0 Å². The summed E-state index contributed by atoms with van der Waals surface area (Å²) in [4.78, 5) is 9.71. The predicted molar refractivity (Wildman–Crippen MR) is 26.2 cm³/mol. The molecule has 0 fully saturated rings. The van der Waals surface area contributed by atoms with Gasteiger partial charge in [-0.25, -0.2) is 13.6 Å². The van der Waals surface area contributed by atoms with E-state index in [1.165, 1.54) is 0 Å². The first-order chi connectivity index (χ1) is 3.92. The van der Waals surface area contributed by atoms with Gasteiger partial charge in [0.25, 0.3) is 5.92 Å². The van der Waals surface area contributed by atoms with Crippen LogP contribution >= 0.6 is 0 Å². The molecule has 0 aromatic heterocycles. The third-order valence-electron chi connectivity index (χ3n) is 0.468. The van der Waals surface area contributed by atoms with E-state index in [4.69, 9.17) is 0 Å². The Hall–Kier alpha value is -0.870. The molecule has 0 aliphatic heterocycles. The van der Waals surface area contributed by atoms with Crippen molar-refractivity contribution in [2.75, 3.05) is 6.61 Å². The number of rotatable bonds is 2. The van der Waals surface area contributed by atoms with Gasteiger partial charge >= 0.3 is 6.09 Å². The van der Waals surface area contributed by atoms with E-state index in [0.717, 1.165) is 0 Å². The molecule has 0 unspecified atom stereocenters. The highest BCUT2D eigenvalue weighted by Gasteiger charge is 2.22. The normalized spacial score (nSPS) is 11.0. The van der Waals surface area contributed by atoms with E-state index < -0.39 is 18.6 Å². The number of carbonyl (C=O) groups is 1. The van der Waals surface area contributed by atoms with Gasteiger partial charge in [-0.15, -0.1) is 0 Å². The average molecular weight is 139 g/mol. The first kappa shape index (κ1) is 8.13. The zero-order valence-electron chi connectivity index (χ0n) is 4.86. The number of nitrogens with two attached hydrogens (primary N) is 1. The van der Waals surface area contributed by atoms with E-state index in [1.54, 1.807) is 0 Å². The van der Waals surface area contributed by atoms with Gasteiger partial charge in [-0.2, -0.15) is 0 Å². The van der Waals surface area contributed by atoms with Crippen LogP contribution in [0.4, 0.5) is 13.6 Å². The molecule has 9 heavy (non-hydrogen) atoms. The highest BCUT2D eigenvalue weighted by atomic mass is 19.3. The van der Waals surface area contributed by atoms with Crippen molar-refractivity contribution in [3.63, 3.8) is 0 Å². The van der Waals surface area contributed by atoms with Gasteiger partial charge < -0.3 is 10.5 Å². The number of alkyl halides is 2. The van der Waals surface area contributed by atoms with Crippen LogP contribution in [0, 0.1) is 0 Å². The van der Waals surface area contributed by atoms with E-state index in [0.29, 0.717) is 6.92 Å². The lowest BCUT2D eigenvalue weighted by Gasteiger charge is -2.07. The number of halogens is 2. The molecule has 0 aliphatic carbocycles. The lowest BCUT2D eigenvalue weighted by atomic mass is 10.4. The van der Waals surface area contributed by atoms with Crippen LogP contribution < -0.4 is 5.73 Å².